The Balaban J connectivity index is 1.86. The molecular formula is C35H36Cl3N3O5S. The second-order valence-corrected chi connectivity index (χ2v) is 14.1. The normalized spacial score (nSPS) is 12.0. The topological polar surface area (TPSA) is 96.0 Å². The number of benzene rings is 4. The molecule has 0 aliphatic heterocycles. The molecule has 12 heteroatoms. The van der Waals surface area contributed by atoms with Crippen molar-refractivity contribution >= 4 is 62.3 Å². The van der Waals surface area contributed by atoms with Crippen molar-refractivity contribution in [1.82, 2.24) is 10.2 Å². The summed E-state index contributed by atoms with van der Waals surface area (Å²) in [5, 5.41) is 3.98. The maximum absolute atomic E-state index is 14.6. The van der Waals surface area contributed by atoms with Crippen LogP contribution in [0.15, 0.2) is 102 Å². The SMILES string of the molecule is CCOc1ccccc1N(CC(=O)N(Cc1ccc(Cl)cc1Cl)C(Cc1ccccc1)C(=O)NC(C)C)S(=O)(=O)c1ccc(Cl)cc1. The summed E-state index contributed by atoms with van der Waals surface area (Å²) >= 11 is 18.8. The molecule has 0 bridgehead atoms. The van der Waals surface area contributed by atoms with E-state index in [2.05, 4.69) is 5.32 Å². The molecule has 0 aromatic heterocycles. The van der Waals surface area contributed by atoms with Gasteiger partial charge in [0.25, 0.3) is 10.0 Å². The van der Waals surface area contributed by atoms with Crippen molar-refractivity contribution in [2.45, 2.75) is 50.7 Å². The van der Waals surface area contributed by atoms with E-state index >= 15 is 0 Å². The number of hydrogen-bond donors (Lipinski definition) is 1. The van der Waals surface area contributed by atoms with Gasteiger partial charge in [-0.15, -0.1) is 0 Å². The molecule has 0 aliphatic rings. The molecule has 4 aromatic rings. The van der Waals surface area contributed by atoms with E-state index in [-0.39, 0.29) is 41.9 Å². The van der Waals surface area contributed by atoms with Crippen molar-refractivity contribution in [3.8, 4) is 5.75 Å². The lowest BCUT2D eigenvalue weighted by atomic mass is 10.0. The molecule has 0 saturated carbocycles. The van der Waals surface area contributed by atoms with Crippen molar-refractivity contribution in [3.63, 3.8) is 0 Å². The number of ether oxygens (including phenoxy) is 1. The minimum Gasteiger partial charge on any atom is -0.492 e. The minimum absolute atomic E-state index is 0.0771. The largest absolute Gasteiger partial charge is 0.492 e. The quantitative estimate of drug-likeness (QED) is 0.147. The number of hydrogen-bond acceptors (Lipinski definition) is 5. The Morgan fingerprint density at radius 1 is 0.851 bits per heavy atom. The predicted molar refractivity (Wildman–Crippen MR) is 188 cm³/mol. The van der Waals surface area contributed by atoms with Gasteiger partial charge in [-0.1, -0.05) is 83.3 Å². The summed E-state index contributed by atoms with van der Waals surface area (Å²) < 4.78 is 35.4. The maximum atomic E-state index is 14.6. The van der Waals surface area contributed by atoms with E-state index in [0.717, 1.165) is 9.87 Å². The van der Waals surface area contributed by atoms with Gasteiger partial charge in [0.15, 0.2) is 0 Å². The Bertz CT molecular complexity index is 1790. The zero-order chi connectivity index (χ0) is 34.1. The molecule has 47 heavy (non-hydrogen) atoms. The number of anilines is 1. The zero-order valence-electron chi connectivity index (χ0n) is 26.2. The first-order chi connectivity index (χ1) is 22.4. The molecule has 4 rings (SSSR count). The van der Waals surface area contributed by atoms with Crippen molar-refractivity contribution < 1.29 is 22.7 Å². The molecule has 0 heterocycles. The third kappa shape index (κ3) is 9.41. The number of amides is 2. The van der Waals surface area contributed by atoms with Gasteiger partial charge < -0.3 is 15.0 Å². The van der Waals surface area contributed by atoms with E-state index in [1.807, 2.05) is 44.2 Å². The highest BCUT2D eigenvalue weighted by Gasteiger charge is 2.36. The van der Waals surface area contributed by atoms with Crippen LogP contribution in [0.1, 0.15) is 31.9 Å². The molecule has 1 N–H and O–H groups in total. The molecule has 0 spiro atoms. The lowest BCUT2D eigenvalue weighted by Crippen LogP contribution is -2.54. The van der Waals surface area contributed by atoms with Gasteiger partial charge in [0.2, 0.25) is 11.8 Å². The summed E-state index contributed by atoms with van der Waals surface area (Å²) in [6, 6.07) is 25.1. The van der Waals surface area contributed by atoms with Crippen LogP contribution in [0, 0.1) is 0 Å². The Labute approximate surface area is 291 Å². The van der Waals surface area contributed by atoms with Gasteiger partial charge in [-0.3, -0.25) is 13.9 Å². The molecular weight excluding hydrogens is 681 g/mol. The number of rotatable bonds is 14. The first-order valence-electron chi connectivity index (χ1n) is 15.0. The lowest BCUT2D eigenvalue weighted by Gasteiger charge is -2.34. The van der Waals surface area contributed by atoms with Gasteiger partial charge in [0.1, 0.15) is 18.3 Å². The van der Waals surface area contributed by atoms with Crippen molar-refractivity contribution in [1.29, 1.82) is 0 Å². The zero-order valence-corrected chi connectivity index (χ0v) is 29.3. The number of sulfonamides is 1. The lowest BCUT2D eigenvalue weighted by molar-refractivity contribution is -0.140. The molecule has 248 valence electrons. The molecule has 0 aliphatic carbocycles. The summed E-state index contributed by atoms with van der Waals surface area (Å²) in [4.78, 5) is 29.8. The molecule has 1 atom stereocenters. The Hall–Kier alpha value is -3.76. The van der Waals surface area contributed by atoms with Crippen molar-refractivity contribution in [2.24, 2.45) is 0 Å². The molecule has 0 radical (unpaired) electrons. The third-order valence-electron chi connectivity index (χ3n) is 7.17. The van der Waals surface area contributed by atoms with Crippen LogP contribution in [-0.2, 0) is 32.6 Å². The number of carbonyl (C=O) groups excluding carboxylic acids is 2. The van der Waals surface area contributed by atoms with Crippen LogP contribution in [0.25, 0.3) is 0 Å². The first-order valence-corrected chi connectivity index (χ1v) is 17.6. The smallest absolute Gasteiger partial charge is 0.264 e. The fourth-order valence-corrected chi connectivity index (χ4v) is 6.97. The van der Waals surface area contributed by atoms with E-state index in [1.165, 1.54) is 29.2 Å². The van der Waals surface area contributed by atoms with Gasteiger partial charge in [0, 0.05) is 34.1 Å². The van der Waals surface area contributed by atoms with Crippen LogP contribution in [0.3, 0.4) is 0 Å². The maximum Gasteiger partial charge on any atom is 0.264 e. The van der Waals surface area contributed by atoms with Crippen molar-refractivity contribution in [3.05, 3.63) is 123 Å². The van der Waals surface area contributed by atoms with Gasteiger partial charge >= 0.3 is 0 Å². The standard InChI is InChI=1S/C35H36Cl3N3O5S/c1-4-46-33-13-9-8-12-31(33)41(47(44,45)29-18-16-27(36)17-19-29)23-34(42)40(22-26-14-15-28(37)21-30(26)38)32(35(43)39-24(2)3)20-25-10-6-5-7-11-25/h5-19,21,24,32H,4,20,22-23H2,1-3H3,(H,39,43). The summed E-state index contributed by atoms with van der Waals surface area (Å²) in [7, 11) is -4.35. The highest BCUT2D eigenvalue weighted by atomic mass is 35.5. The van der Waals surface area contributed by atoms with E-state index in [1.54, 1.807) is 49.4 Å². The number of nitrogens with one attached hydrogen (secondary N) is 1. The summed E-state index contributed by atoms with van der Waals surface area (Å²) in [6.07, 6.45) is 0.163. The molecule has 0 fully saturated rings. The summed E-state index contributed by atoms with van der Waals surface area (Å²) in [5.74, 6) is -0.769. The third-order valence-corrected chi connectivity index (χ3v) is 9.78. The van der Waals surface area contributed by atoms with E-state index < -0.39 is 34.4 Å². The van der Waals surface area contributed by atoms with E-state index in [4.69, 9.17) is 39.5 Å². The van der Waals surface area contributed by atoms with Gasteiger partial charge in [0.05, 0.1) is 17.2 Å². The van der Waals surface area contributed by atoms with Gasteiger partial charge in [-0.2, -0.15) is 0 Å². The fraction of sp³-hybridized carbons (Fsp3) is 0.257. The predicted octanol–water partition coefficient (Wildman–Crippen LogP) is 7.41. The summed E-state index contributed by atoms with van der Waals surface area (Å²) in [6.45, 7) is 4.93. The number of para-hydroxylation sites is 2. The van der Waals surface area contributed by atoms with Crippen LogP contribution >= 0.6 is 34.8 Å². The van der Waals surface area contributed by atoms with E-state index in [9.17, 15) is 18.0 Å². The highest BCUT2D eigenvalue weighted by molar-refractivity contribution is 7.92. The average molecular weight is 717 g/mol. The summed E-state index contributed by atoms with van der Waals surface area (Å²) in [5.41, 5.74) is 1.50. The Kier molecular flexibility index (Phi) is 12.6. The van der Waals surface area contributed by atoms with Crippen LogP contribution < -0.4 is 14.4 Å². The molecule has 1 unspecified atom stereocenters. The fourth-order valence-electron chi connectivity index (χ4n) is 4.96. The molecule has 4 aromatic carbocycles. The number of halogens is 3. The second kappa shape index (κ2) is 16.4. The van der Waals surface area contributed by atoms with Crippen molar-refractivity contribution in [2.75, 3.05) is 17.5 Å². The van der Waals surface area contributed by atoms with Crippen LogP contribution in [0.2, 0.25) is 15.1 Å². The minimum atomic E-state index is -4.35. The van der Waals surface area contributed by atoms with Gasteiger partial charge in [-0.05, 0) is 80.4 Å². The number of carbonyl (C=O) groups is 2. The molecule has 2 amide bonds. The Morgan fingerprint density at radius 2 is 1.49 bits per heavy atom. The highest BCUT2D eigenvalue weighted by Crippen LogP contribution is 2.33. The van der Waals surface area contributed by atoms with Crippen LogP contribution in [-0.4, -0.2) is 50.4 Å². The average Bonchev–Trinajstić information content (AvgIpc) is 3.03. The molecule has 8 nitrogen and oxygen atoms in total. The second-order valence-electron chi connectivity index (χ2n) is 11.0. The first kappa shape index (κ1) is 36.1. The van der Waals surface area contributed by atoms with E-state index in [0.29, 0.717) is 20.6 Å². The molecule has 0 saturated heterocycles. The van der Waals surface area contributed by atoms with Crippen LogP contribution in [0.4, 0.5) is 5.69 Å². The van der Waals surface area contributed by atoms with Crippen LogP contribution in [0.5, 0.6) is 5.75 Å². The van der Waals surface area contributed by atoms with Gasteiger partial charge in [-0.25, -0.2) is 8.42 Å². The Morgan fingerprint density at radius 3 is 2.13 bits per heavy atom. The number of nitrogens with zero attached hydrogens (tertiary/aromatic N) is 2. The monoisotopic (exact) mass is 715 g/mol.